The quantitative estimate of drug-likeness (QED) is 0.369. The van der Waals surface area contributed by atoms with Gasteiger partial charge in [-0.3, -0.25) is 0 Å². The highest BCUT2D eigenvalue weighted by atomic mass is 16.5. The Bertz CT molecular complexity index is 250. The first kappa shape index (κ1) is 36.4. The molecule has 3 aliphatic heterocycles. The molecule has 0 aromatic carbocycles. The van der Waals surface area contributed by atoms with Crippen LogP contribution in [0.3, 0.4) is 0 Å². The number of hydrogen-bond donors (Lipinski definition) is 3. The lowest BCUT2D eigenvalue weighted by Gasteiger charge is -2.10. The molecule has 4 nitrogen and oxygen atoms in total. The second-order valence-electron chi connectivity index (χ2n) is 13.6. The van der Waals surface area contributed by atoms with Gasteiger partial charge in [0.25, 0.3) is 0 Å². The summed E-state index contributed by atoms with van der Waals surface area (Å²) in [5.74, 6) is 0. The molecular formula is C28H65N3O. The van der Waals surface area contributed by atoms with E-state index in [1.54, 1.807) is 0 Å². The normalized spacial score (nSPS) is 18.4. The van der Waals surface area contributed by atoms with Crippen molar-refractivity contribution < 1.29 is 4.74 Å². The summed E-state index contributed by atoms with van der Waals surface area (Å²) in [4.78, 5) is 0. The minimum atomic E-state index is 0.500. The van der Waals surface area contributed by atoms with Gasteiger partial charge in [0.05, 0.1) is 13.2 Å². The lowest BCUT2D eigenvalue weighted by atomic mass is 10.0. The average Bonchev–Trinajstić information content (AvgIpc) is 3.21. The van der Waals surface area contributed by atoms with Crippen LogP contribution in [-0.2, 0) is 4.74 Å². The first-order valence-corrected chi connectivity index (χ1v) is 13.2. The highest BCUT2D eigenvalue weighted by Crippen LogP contribution is 2.09. The van der Waals surface area contributed by atoms with Crippen molar-refractivity contribution in [3.63, 3.8) is 0 Å². The van der Waals surface area contributed by atoms with Crippen molar-refractivity contribution in [3.8, 4) is 0 Å². The monoisotopic (exact) mass is 460 g/mol. The maximum atomic E-state index is 5.01. The van der Waals surface area contributed by atoms with Crippen molar-refractivity contribution in [1.29, 1.82) is 0 Å². The largest absolute Gasteiger partial charge is 0.379 e. The SMILES string of the molecule is C1CCNC1.C1CCNCC1.C1COCCN1.CC(C)(C)C.CC(C)(C)C.CC(C)(C)C. The number of hydrogen-bond acceptors (Lipinski definition) is 4. The van der Waals surface area contributed by atoms with Crippen LogP contribution >= 0.6 is 0 Å². The minimum absolute atomic E-state index is 0.500. The number of piperidine rings is 1. The molecule has 0 unspecified atom stereocenters. The van der Waals surface area contributed by atoms with E-state index < -0.39 is 0 Å². The topological polar surface area (TPSA) is 45.3 Å². The molecular weight excluding hydrogens is 394 g/mol. The van der Waals surface area contributed by atoms with E-state index in [1.165, 1.54) is 58.3 Å². The van der Waals surface area contributed by atoms with Gasteiger partial charge in [0.2, 0.25) is 0 Å². The Morgan fingerprint density at radius 1 is 0.375 bits per heavy atom. The fourth-order valence-corrected chi connectivity index (χ4v) is 1.94. The fourth-order valence-electron chi connectivity index (χ4n) is 1.94. The molecule has 3 rings (SSSR count). The predicted octanol–water partition coefficient (Wildman–Crippen LogP) is 6.89. The Labute approximate surface area is 204 Å². The van der Waals surface area contributed by atoms with Gasteiger partial charge < -0.3 is 20.7 Å². The van der Waals surface area contributed by atoms with Crippen molar-refractivity contribution in [2.75, 3.05) is 52.5 Å². The zero-order valence-corrected chi connectivity index (χ0v) is 24.6. The number of nitrogens with one attached hydrogen (secondary N) is 3. The van der Waals surface area contributed by atoms with Crippen LogP contribution in [0.4, 0.5) is 0 Å². The van der Waals surface area contributed by atoms with Gasteiger partial charge in [-0.1, -0.05) is 89.5 Å². The molecule has 0 spiro atoms. The Morgan fingerprint density at radius 2 is 0.594 bits per heavy atom. The Kier molecular flexibility index (Phi) is 25.7. The first-order valence-electron chi connectivity index (χ1n) is 13.2. The molecule has 3 saturated heterocycles. The van der Waals surface area contributed by atoms with Crippen LogP contribution in [0.5, 0.6) is 0 Å². The van der Waals surface area contributed by atoms with Crippen LogP contribution in [0.2, 0.25) is 0 Å². The van der Waals surface area contributed by atoms with Crippen molar-refractivity contribution in [2.24, 2.45) is 16.2 Å². The van der Waals surface area contributed by atoms with Crippen LogP contribution < -0.4 is 16.0 Å². The summed E-state index contributed by atoms with van der Waals surface area (Å²) >= 11 is 0. The van der Waals surface area contributed by atoms with Crippen molar-refractivity contribution in [3.05, 3.63) is 0 Å². The summed E-state index contributed by atoms with van der Waals surface area (Å²) < 4.78 is 5.01. The van der Waals surface area contributed by atoms with Gasteiger partial charge in [-0.15, -0.1) is 0 Å². The molecule has 0 aromatic rings. The molecule has 0 saturated carbocycles. The van der Waals surface area contributed by atoms with E-state index >= 15 is 0 Å². The van der Waals surface area contributed by atoms with Crippen molar-refractivity contribution >= 4 is 0 Å². The van der Waals surface area contributed by atoms with Crippen LogP contribution in [0.1, 0.15) is 115 Å². The standard InChI is InChI=1S/C5H11N.3C5H12.C4H9NO.C4H9N/c1-2-4-6-5-3-1;3*1-5(2,3)4;1-3-6-4-2-5-1;1-2-4-5-3-1/h6H,1-5H2;3*1-4H3;5H,1-4H2;5H,1-4H2. The van der Waals surface area contributed by atoms with Crippen molar-refractivity contribution in [1.82, 2.24) is 16.0 Å². The first-order chi connectivity index (χ1) is 14.5. The van der Waals surface area contributed by atoms with Crippen LogP contribution in [0.15, 0.2) is 0 Å². The molecule has 0 aromatic heterocycles. The van der Waals surface area contributed by atoms with Gasteiger partial charge in [-0.05, 0) is 68.1 Å². The summed E-state index contributed by atoms with van der Waals surface area (Å²) in [7, 11) is 0. The summed E-state index contributed by atoms with van der Waals surface area (Å²) in [6, 6.07) is 0. The third-order valence-electron chi connectivity index (χ3n) is 3.01. The smallest absolute Gasteiger partial charge is 0.0591 e. The minimum Gasteiger partial charge on any atom is -0.379 e. The van der Waals surface area contributed by atoms with E-state index in [0.29, 0.717) is 16.2 Å². The number of rotatable bonds is 0. The summed E-state index contributed by atoms with van der Waals surface area (Å²) in [5.41, 5.74) is 1.50. The lowest BCUT2D eigenvalue weighted by molar-refractivity contribution is 0.109. The molecule has 0 radical (unpaired) electrons. The highest BCUT2D eigenvalue weighted by molar-refractivity contribution is 4.56. The summed E-state index contributed by atoms with van der Waals surface area (Å²) in [5, 5.41) is 9.67. The molecule has 3 heterocycles. The van der Waals surface area contributed by atoms with Gasteiger partial charge in [-0.2, -0.15) is 0 Å². The molecule has 3 fully saturated rings. The van der Waals surface area contributed by atoms with Gasteiger partial charge in [0.15, 0.2) is 0 Å². The second-order valence-corrected chi connectivity index (χ2v) is 13.6. The molecule has 0 amide bonds. The van der Waals surface area contributed by atoms with E-state index in [-0.39, 0.29) is 0 Å². The van der Waals surface area contributed by atoms with E-state index in [4.69, 9.17) is 4.74 Å². The van der Waals surface area contributed by atoms with E-state index in [1.807, 2.05) is 0 Å². The molecule has 3 N–H and O–H groups in total. The van der Waals surface area contributed by atoms with E-state index in [9.17, 15) is 0 Å². The Balaban J connectivity index is -0.000000316. The van der Waals surface area contributed by atoms with Crippen molar-refractivity contribution in [2.45, 2.75) is 115 Å². The molecule has 0 bridgehead atoms. The third kappa shape index (κ3) is 87.5. The lowest BCUT2D eigenvalue weighted by Crippen LogP contribution is -2.30. The van der Waals surface area contributed by atoms with Crippen LogP contribution in [0.25, 0.3) is 0 Å². The number of ether oxygens (including phenoxy) is 1. The molecule has 0 aliphatic carbocycles. The zero-order chi connectivity index (χ0) is 25.5. The average molecular weight is 460 g/mol. The van der Waals surface area contributed by atoms with E-state index in [2.05, 4.69) is 99.0 Å². The molecule has 4 heteroatoms. The maximum absolute atomic E-state index is 5.01. The second kappa shape index (κ2) is 22.6. The highest BCUT2D eigenvalue weighted by Gasteiger charge is 1.97. The van der Waals surface area contributed by atoms with Crippen LogP contribution in [0, 0.1) is 16.2 Å². The Hall–Kier alpha value is -0.160. The molecule has 3 aliphatic rings. The maximum Gasteiger partial charge on any atom is 0.0591 e. The molecule has 198 valence electrons. The van der Waals surface area contributed by atoms with Gasteiger partial charge in [0, 0.05) is 13.1 Å². The Morgan fingerprint density at radius 3 is 0.688 bits per heavy atom. The van der Waals surface area contributed by atoms with Crippen LogP contribution in [-0.4, -0.2) is 52.5 Å². The van der Waals surface area contributed by atoms with Gasteiger partial charge >= 0.3 is 0 Å². The third-order valence-corrected chi connectivity index (χ3v) is 3.01. The molecule has 0 atom stereocenters. The van der Waals surface area contributed by atoms with E-state index in [0.717, 1.165) is 26.3 Å². The molecule has 32 heavy (non-hydrogen) atoms. The fraction of sp³-hybridized carbons (Fsp3) is 1.00. The predicted molar refractivity (Wildman–Crippen MR) is 148 cm³/mol. The van der Waals surface area contributed by atoms with Gasteiger partial charge in [0.1, 0.15) is 0 Å². The summed E-state index contributed by atoms with van der Waals surface area (Å²) in [6.07, 6.45) is 6.99. The number of morpholine rings is 1. The zero-order valence-electron chi connectivity index (χ0n) is 24.6. The van der Waals surface area contributed by atoms with Gasteiger partial charge in [-0.25, -0.2) is 0 Å². The summed E-state index contributed by atoms with van der Waals surface area (Å²) in [6.45, 7) is 35.1.